The van der Waals surface area contributed by atoms with Gasteiger partial charge in [0.15, 0.2) is 0 Å². The standard InChI is InChI=1S/C15H26O/c1-11(2)6-7-13-8-12(3)14(10-16)15(4,5)9-13/h6,13-14,16H,3,7-10H2,1-2,4-5H3. The molecule has 1 saturated carbocycles. The monoisotopic (exact) mass is 222 g/mol. The molecule has 16 heavy (non-hydrogen) atoms. The van der Waals surface area contributed by atoms with Crippen LogP contribution in [0.2, 0.25) is 0 Å². The third-order valence-corrected chi connectivity index (χ3v) is 3.84. The minimum atomic E-state index is 0.199. The fraction of sp³-hybridized carbons (Fsp3) is 0.733. The molecule has 1 rings (SSSR count). The molecule has 1 heteroatoms. The number of allylic oxidation sites excluding steroid dienone is 2. The largest absolute Gasteiger partial charge is 0.396 e. The molecule has 0 spiro atoms. The summed E-state index contributed by atoms with van der Waals surface area (Å²) in [7, 11) is 0. The Bertz CT molecular complexity index is 282. The first kappa shape index (κ1) is 13.5. The molecule has 1 nitrogen and oxygen atoms in total. The minimum Gasteiger partial charge on any atom is -0.396 e. The third kappa shape index (κ3) is 3.21. The Hall–Kier alpha value is -0.560. The Labute approximate surface area is 100 Å². The fourth-order valence-electron chi connectivity index (χ4n) is 2.97. The fourth-order valence-corrected chi connectivity index (χ4v) is 2.97. The Morgan fingerprint density at radius 2 is 2.12 bits per heavy atom. The van der Waals surface area contributed by atoms with Gasteiger partial charge in [-0.3, -0.25) is 0 Å². The van der Waals surface area contributed by atoms with E-state index in [4.69, 9.17) is 0 Å². The molecule has 0 amide bonds. The summed E-state index contributed by atoms with van der Waals surface area (Å²) in [4.78, 5) is 0. The van der Waals surface area contributed by atoms with Crippen LogP contribution in [0.4, 0.5) is 0 Å². The van der Waals surface area contributed by atoms with E-state index in [1.807, 2.05) is 0 Å². The highest BCUT2D eigenvalue weighted by Gasteiger charge is 2.37. The van der Waals surface area contributed by atoms with E-state index in [1.54, 1.807) is 0 Å². The average Bonchev–Trinajstić information content (AvgIpc) is 2.13. The van der Waals surface area contributed by atoms with Gasteiger partial charge in [-0.1, -0.05) is 37.6 Å². The summed E-state index contributed by atoms with van der Waals surface area (Å²) in [6.45, 7) is 13.2. The van der Waals surface area contributed by atoms with Crippen molar-refractivity contribution >= 4 is 0 Å². The van der Waals surface area contributed by atoms with E-state index in [-0.39, 0.29) is 17.9 Å². The van der Waals surface area contributed by atoms with Crippen LogP contribution < -0.4 is 0 Å². The highest BCUT2D eigenvalue weighted by Crippen LogP contribution is 2.46. The van der Waals surface area contributed by atoms with Crippen LogP contribution in [0.5, 0.6) is 0 Å². The van der Waals surface area contributed by atoms with Crippen molar-refractivity contribution in [3.63, 3.8) is 0 Å². The molecule has 1 N–H and O–H groups in total. The molecular weight excluding hydrogens is 196 g/mol. The number of aliphatic hydroxyl groups excluding tert-OH is 1. The van der Waals surface area contributed by atoms with Crippen molar-refractivity contribution < 1.29 is 5.11 Å². The molecule has 2 atom stereocenters. The Kier molecular flexibility index (Phi) is 4.37. The second-order valence-electron chi connectivity index (χ2n) is 6.17. The van der Waals surface area contributed by atoms with Crippen molar-refractivity contribution in [2.24, 2.45) is 17.3 Å². The van der Waals surface area contributed by atoms with Crippen LogP contribution in [0, 0.1) is 17.3 Å². The summed E-state index contributed by atoms with van der Waals surface area (Å²) in [6.07, 6.45) is 5.76. The zero-order valence-corrected chi connectivity index (χ0v) is 11.2. The number of rotatable bonds is 3. The highest BCUT2D eigenvalue weighted by atomic mass is 16.3. The van der Waals surface area contributed by atoms with Gasteiger partial charge in [-0.15, -0.1) is 0 Å². The lowest BCUT2D eigenvalue weighted by Gasteiger charge is -2.43. The van der Waals surface area contributed by atoms with Crippen LogP contribution in [0.25, 0.3) is 0 Å². The highest BCUT2D eigenvalue weighted by molar-refractivity contribution is 5.12. The Balaban J connectivity index is 2.68. The van der Waals surface area contributed by atoms with E-state index in [2.05, 4.69) is 40.3 Å². The molecule has 0 aliphatic heterocycles. The maximum absolute atomic E-state index is 9.43. The van der Waals surface area contributed by atoms with Crippen LogP contribution in [-0.4, -0.2) is 11.7 Å². The molecule has 0 aromatic rings. The van der Waals surface area contributed by atoms with Crippen molar-refractivity contribution in [3.8, 4) is 0 Å². The molecule has 0 saturated heterocycles. The number of aliphatic hydroxyl groups is 1. The molecular formula is C15H26O. The van der Waals surface area contributed by atoms with Gasteiger partial charge in [0, 0.05) is 5.92 Å². The maximum atomic E-state index is 9.43. The van der Waals surface area contributed by atoms with Gasteiger partial charge in [-0.25, -0.2) is 0 Å². The minimum absolute atomic E-state index is 0.199. The third-order valence-electron chi connectivity index (χ3n) is 3.84. The molecule has 92 valence electrons. The molecule has 0 heterocycles. The van der Waals surface area contributed by atoms with E-state index in [0.717, 1.165) is 12.8 Å². The van der Waals surface area contributed by atoms with E-state index in [0.29, 0.717) is 5.92 Å². The summed E-state index contributed by atoms with van der Waals surface area (Å²) in [5.41, 5.74) is 2.84. The van der Waals surface area contributed by atoms with Gasteiger partial charge in [-0.2, -0.15) is 0 Å². The first-order valence-corrected chi connectivity index (χ1v) is 6.28. The van der Waals surface area contributed by atoms with Gasteiger partial charge in [0.2, 0.25) is 0 Å². The second-order valence-corrected chi connectivity index (χ2v) is 6.17. The van der Waals surface area contributed by atoms with Crippen molar-refractivity contribution in [2.45, 2.75) is 47.0 Å². The van der Waals surface area contributed by atoms with Gasteiger partial charge in [0.25, 0.3) is 0 Å². The summed E-state index contributed by atoms with van der Waals surface area (Å²) in [5.74, 6) is 0.996. The summed E-state index contributed by atoms with van der Waals surface area (Å²) in [6, 6.07) is 0. The normalized spacial score (nSPS) is 28.9. The quantitative estimate of drug-likeness (QED) is 0.717. The number of hydrogen-bond donors (Lipinski definition) is 1. The lowest BCUT2D eigenvalue weighted by Crippen LogP contribution is -2.35. The average molecular weight is 222 g/mol. The van der Waals surface area contributed by atoms with Gasteiger partial charge < -0.3 is 5.11 Å². The van der Waals surface area contributed by atoms with Crippen molar-refractivity contribution in [2.75, 3.05) is 6.61 Å². The lowest BCUT2D eigenvalue weighted by atomic mass is 9.63. The van der Waals surface area contributed by atoms with Gasteiger partial charge >= 0.3 is 0 Å². The first-order valence-electron chi connectivity index (χ1n) is 6.28. The zero-order chi connectivity index (χ0) is 12.3. The predicted molar refractivity (Wildman–Crippen MR) is 70.3 cm³/mol. The van der Waals surface area contributed by atoms with E-state index < -0.39 is 0 Å². The van der Waals surface area contributed by atoms with Crippen molar-refractivity contribution in [1.82, 2.24) is 0 Å². The van der Waals surface area contributed by atoms with Gasteiger partial charge in [0.05, 0.1) is 6.61 Å². The summed E-state index contributed by atoms with van der Waals surface area (Å²) < 4.78 is 0. The van der Waals surface area contributed by atoms with Crippen LogP contribution in [-0.2, 0) is 0 Å². The molecule has 1 aliphatic rings. The first-order chi connectivity index (χ1) is 7.36. The molecule has 1 fully saturated rings. The summed E-state index contributed by atoms with van der Waals surface area (Å²) in [5, 5.41) is 9.43. The Morgan fingerprint density at radius 1 is 1.50 bits per heavy atom. The molecule has 0 bridgehead atoms. The Morgan fingerprint density at radius 3 is 2.56 bits per heavy atom. The van der Waals surface area contributed by atoms with Crippen LogP contribution >= 0.6 is 0 Å². The SMILES string of the molecule is C=C1CC(CC=C(C)C)CC(C)(C)C1CO. The lowest BCUT2D eigenvalue weighted by molar-refractivity contribution is 0.0889. The smallest absolute Gasteiger partial charge is 0.0501 e. The van der Waals surface area contributed by atoms with Crippen LogP contribution in [0.15, 0.2) is 23.8 Å². The second kappa shape index (κ2) is 5.18. The van der Waals surface area contributed by atoms with Crippen LogP contribution in [0.3, 0.4) is 0 Å². The molecule has 1 aliphatic carbocycles. The van der Waals surface area contributed by atoms with Crippen molar-refractivity contribution in [3.05, 3.63) is 23.8 Å². The van der Waals surface area contributed by atoms with E-state index in [1.165, 1.54) is 17.6 Å². The summed E-state index contributed by atoms with van der Waals surface area (Å²) >= 11 is 0. The van der Waals surface area contributed by atoms with Gasteiger partial charge in [0.1, 0.15) is 0 Å². The molecule has 2 unspecified atom stereocenters. The molecule has 0 aromatic heterocycles. The molecule has 0 radical (unpaired) electrons. The van der Waals surface area contributed by atoms with E-state index >= 15 is 0 Å². The topological polar surface area (TPSA) is 20.2 Å². The van der Waals surface area contributed by atoms with E-state index in [9.17, 15) is 5.11 Å². The van der Waals surface area contributed by atoms with Crippen molar-refractivity contribution in [1.29, 1.82) is 0 Å². The predicted octanol–water partition coefficient (Wildman–Crippen LogP) is 3.94. The number of hydrogen-bond acceptors (Lipinski definition) is 1. The van der Waals surface area contributed by atoms with Crippen LogP contribution in [0.1, 0.15) is 47.0 Å². The maximum Gasteiger partial charge on any atom is 0.0501 e. The zero-order valence-electron chi connectivity index (χ0n) is 11.2. The molecule has 0 aromatic carbocycles. The van der Waals surface area contributed by atoms with Gasteiger partial charge in [-0.05, 0) is 44.4 Å².